The van der Waals surface area contributed by atoms with Crippen molar-refractivity contribution in [3.63, 3.8) is 0 Å². The van der Waals surface area contributed by atoms with E-state index in [2.05, 4.69) is 93.6 Å². The molecule has 0 bridgehead atoms. The van der Waals surface area contributed by atoms with Crippen molar-refractivity contribution in [1.29, 1.82) is 0 Å². The van der Waals surface area contributed by atoms with Crippen molar-refractivity contribution in [1.82, 2.24) is 0 Å². The van der Waals surface area contributed by atoms with Gasteiger partial charge in [0.25, 0.3) is 9.04 Å². The van der Waals surface area contributed by atoms with E-state index in [0.717, 1.165) is 6.42 Å². The van der Waals surface area contributed by atoms with Crippen molar-refractivity contribution < 1.29 is 4.43 Å². The summed E-state index contributed by atoms with van der Waals surface area (Å²) in [5, 5.41) is 2.66. The first-order valence-corrected chi connectivity index (χ1v) is 10.8. The van der Waals surface area contributed by atoms with Gasteiger partial charge in [0.1, 0.15) is 0 Å². The van der Waals surface area contributed by atoms with Crippen molar-refractivity contribution in [2.75, 3.05) is 0 Å². The number of rotatable bonds is 4. The van der Waals surface area contributed by atoms with Gasteiger partial charge in [0.15, 0.2) is 0 Å². The highest BCUT2D eigenvalue weighted by Crippen LogP contribution is 2.33. The highest BCUT2D eigenvalue weighted by molar-refractivity contribution is 6.80. The second kappa shape index (κ2) is 7.88. The largest absolute Gasteiger partial charge is 0.540 e. The Morgan fingerprint density at radius 3 is 1.88 bits per heavy atom. The Morgan fingerprint density at radius 1 is 0.880 bits per heavy atom. The molecule has 0 aliphatic heterocycles. The molecule has 2 aromatic rings. The third-order valence-electron chi connectivity index (χ3n) is 4.55. The zero-order valence-electron chi connectivity index (χ0n) is 15.5. The van der Waals surface area contributed by atoms with Gasteiger partial charge in [-0.05, 0) is 35.2 Å². The van der Waals surface area contributed by atoms with Crippen molar-refractivity contribution in [2.24, 2.45) is 5.41 Å². The van der Waals surface area contributed by atoms with Crippen LogP contribution in [0.15, 0.2) is 84.1 Å². The van der Waals surface area contributed by atoms with Gasteiger partial charge in [-0.2, -0.15) is 0 Å². The van der Waals surface area contributed by atoms with Crippen LogP contribution in [0.1, 0.15) is 40.0 Å². The summed E-state index contributed by atoms with van der Waals surface area (Å²) in [6, 6.07) is 21.5. The molecule has 0 aromatic heterocycles. The van der Waals surface area contributed by atoms with Crippen LogP contribution in [0.5, 0.6) is 0 Å². The Bertz CT molecular complexity index is 699. The minimum Gasteiger partial charge on any atom is -0.540 e. The fourth-order valence-corrected chi connectivity index (χ4v) is 5.89. The zero-order valence-corrected chi connectivity index (χ0v) is 16.7. The molecule has 1 aliphatic carbocycles. The summed E-state index contributed by atoms with van der Waals surface area (Å²) in [5.41, 5.74) is 1.38. The first-order chi connectivity index (χ1) is 12.1. The lowest BCUT2D eigenvalue weighted by Gasteiger charge is -2.31. The number of hydrogen-bond acceptors (Lipinski definition) is 1. The van der Waals surface area contributed by atoms with E-state index in [9.17, 15) is 0 Å². The quantitative estimate of drug-likeness (QED) is 0.580. The standard InChI is InChI=1S/C23H28OSi/c1-23(2,3)22(19-13-7-4-8-14-19)24-25(20-15-9-5-10-16-20)21-17-11-6-12-18-21/h5-7,9-13,15-18,25H,4,8,14H2,1-3H3/b22-19+. The predicted molar refractivity (Wildman–Crippen MR) is 110 cm³/mol. The van der Waals surface area contributed by atoms with Gasteiger partial charge in [0, 0.05) is 5.41 Å². The van der Waals surface area contributed by atoms with Gasteiger partial charge in [-0.25, -0.2) is 0 Å². The van der Waals surface area contributed by atoms with E-state index in [4.69, 9.17) is 4.43 Å². The third kappa shape index (κ3) is 4.52. The van der Waals surface area contributed by atoms with Gasteiger partial charge in [-0.3, -0.25) is 0 Å². The highest BCUT2D eigenvalue weighted by atomic mass is 28.3. The van der Waals surface area contributed by atoms with Gasteiger partial charge in [0.2, 0.25) is 0 Å². The summed E-state index contributed by atoms with van der Waals surface area (Å²) in [5.74, 6) is 1.17. The maximum Gasteiger partial charge on any atom is 0.298 e. The summed E-state index contributed by atoms with van der Waals surface area (Å²) < 4.78 is 6.89. The van der Waals surface area contributed by atoms with Crippen LogP contribution in [0.3, 0.4) is 0 Å². The average molecular weight is 349 g/mol. The molecule has 3 rings (SSSR count). The van der Waals surface area contributed by atoms with E-state index in [-0.39, 0.29) is 5.41 Å². The Morgan fingerprint density at radius 2 is 1.44 bits per heavy atom. The Balaban J connectivity index is 2.04. The topological polar surface area (TPSA) is 9.23 Å². The predicted octanol–water partition coefficient (Wildman–Crippen LogP) is 4.58. The molecule has 130 valence electrons. The first kappa shape index (κ1) is 17.8. The van der Waals surface area contributed by atoms with Crippen LogP contribution >= 0.6 is 0 Å². The van der Waals surface area contributed by atoms with Crippen molar-refractivity contribution in [2.45, 2.75) is 40.0 Å². The molecule has 0 spiro atoms. The van der Waals surface area contributed by atoms with Crippen LogP contribution in [0, 0.1) is 5.41 Å². The summed E-state index contributed by atoms with van der Waals surface area (Å²) in [6.45, 7) is 6.79. The maximum atomic E-state index is 6.89. The van der Waals surface area contributed by atoms with Crippen LogP contribution in [0.2, 0.25) is 0 Å². The Kier molecular flexibility index (Phi) is 5.59. The SMILES string of the molecule is CC(C)(C)/C(O[SiH](c1ccccc1)c1ccccc1)=C1/C=CCCC1. The Labute approximate surface area is 153 Å². The van der Waals surface area contributed by atoms with Crippen LogP contribution in [0.4, 0.5) is 0 Å². The van der Waals surface area contributed by atoms with Gasteiger partial charge in [0.05, 0.1) is 5.76 Å². The minimum atomic E-state index is -1.77. The van der Waals surface area contributed by atoms with Gasteiger partial charge < -0.3 is 4.43 Å². The molecule has 1 nitrogen and oxygen atoms in total. The van der Waals surface area contributed by atoms with Crippen LogP contribution in [-0.4, -0.2) is 9.04 Å². The van der Waals surface area contributed by atoms with Crippen LogP contribution in [-0.2, 0) is 4.43 Å². The van der Waals surface area contributed by atoms with Gasteiger partial charge in [-0.15, -0.1) is 0 Å². The molecule has 0 N–H and O–H groups in total. The molecular weight excluding hydrogens is 320 g/mol. The van der Waals surface area contributed by atoms with Crippen LogP contribution < -0.4 is 10.4 Å². The lowest BCUT2D eigenvalue weighted by Crippen LogP contribution is -2.46. The second-order valence-corrected chi connectivity index (χ2v) is 10.0. The third-order valence-corrected chi connectivity index (χ3v) is 7.00. The lowest BCUT2D eigenvalue weighted by atomic mass is 9.87. The fraction of sp³-hybridized carbons (Fsp3) is 0.304. The molecule has 0 unspecified atom stereocenters. The first-order valence-electron chi connectivity index (χ1n) is 9.22. The average Bonchev–Trinajstić information content (AvgIpc) is 2.63. The molecule has 0 amide bonds. The van der Waals surface area contributed by atoms with E-state index < -0.39 is 9.04 Å². The zero-order chi connectivity index (χ0) is 17.7. The highest BCUT2D eigenvalue weighted by Gasteiger charge is 2.28. The number of benzene rings is 2. The summed E-state index contributed by atoms with van der Waals surface area (Å²) >= 11 is 0. The van der Waals surface area contributed by atoms with Crippen molar-refractivity contribution in [3.05, 3.63) is 84.1 Å². The van der Waals surface area contributed by atoms with Gasteiger partial charge in [-0.1, -0.05) is 93.6 Å². The molecular formula is C23H28OSi. The number of allylic oxidation sites excluding steroid dienone is 4. The molecule has 2 heteroatoms. The van der Waals surface area contributed by atoms with Crippen LogP contribution in [0.25, 0.3) is 0 Å². The molecule has 0 fully saturated rings. The molecule has 0 saturated heterocycles. The molecule has 0 atom stereocenters. The lowest BCUT2D eigenvalue weighted by molar-refractivity contribution is 0.296. The summed E-state index contributed by atoms with van der Waals surface area (Å²) in [4.78, 5) is 0. The summed E-state index contributed by atoms with van der Waals surface area (Å²) in [7, 11) is -1.77. The monoisotopic (exact) mass is 348 g/mol. The Hall–Kier alpha value is -2.06. The normalized spacial score (nSPS) is 16.8. The molecule has 0 radical (unpaired) electrons. The van der Waals surface area contributed by atoms with Crippen molar-refractivity contribution >= 4 is 19.4 Å². The van der Waals surface area contributed by atoms with E-state index in [1.165, 1.54) is 34.5 Å². The van der Waals surface area contributed by atoms with E-state index in [1.54, 1.807) is 0 Å². The van der Waals surface area contributed by atoms with E-state index in [1.807, 2.05) is 0 Å². The smallest absolute Gasteiger partial charge is 0.298 e. The molecule has 1 aliphatic rings. The number of hydrogen-bond donors (Lipinski definition) is 0. The molecule has 0 saturated carbocycles. The summed E-state index contributed by atoms with van der Waals surface area (Å²) in [6.07, 6.45) is 8.09. The molecule has 2 aromatic carbocycles. The second-order valence-electron chi connectivity index (χ2n) is 7.72. The van der Waals surface area contributed by atoms with Gasteiger partial charge >= 0.3 is 0 Å². The van der Waals surface area contributed by atoms with E-state index in [0.29, 0.717) is 0 Å². The maximum absolute atomic E-state index is 6.89. The minimum absolute atomic E-state index is 0.00578. The fourth-order valence-electron chi connectivity index (χ4n) is 3.34. The van der Waals surface area contributed by atoms with E-state index >= 15 is 0 Å². The molecule has 0 heterocycles. The molecule has 25 heavy (non-hydrogen) atoms. The van der Waals surface area contributed by atoms with Crippen molar-refractivity contribution in [3.8, 4) is 0 Å².